The average molecular weight is 294 g/mol. The SMILES string of the molecule is COc1ccc(Cl)c(Nc2cc(N)cc([N+](=O)[O-])c2)c1. The molecule has 0 unspecified atom stereocenters. The second kappa shape index (κ2) is 5.66. The summed E-state index contributed by atoms with van der Waals surface area (Å²) in [6.45, 7) is 0. The van der Waals surface area contributed by atoms with Gasteiger partial charge in [0.25, 0.3) is 5.69 Å². The van der Waals surface area contributed by atoms with Gasteiger partial charge in [0.15, 0.2) is 0 Å². The Morgan fingerprint density at radius 1 is 1.30 bits per heavy atom. The number of hydrogen-bond donors (Lipinski definition) is 2. The highest BCUT2D eigenvalue weighted by Gasteiger charge is 2.10. The smallest absolute Gasteiger partial charge is 0.273 e. The Bertz CT molecular complexity index is 661. The summed E-state index contributed by atoms with van der Waals surface area (Å²) in [6, 6.07) is 9.34. The van der Waals surface area contributed by atoms with Crippen LogP contribution in [0.5, 0.6) is 5.75 Å². The summed E-state index contributed by atoms with van der Waals surface area (Å²) in [7, 11) is 1.54. The number of anilines is 3. The first-order chi connectivity index (χ1) is 9.49. The zero-order valence-corrected chi connectivity index (χ0v) is 11.3. The van der Waals surface area contributed by atoms with Gasteiger partial charge in [0, 0.05) is 29.6 Å². The average Bonchev–Trinajstić information content (AvgIpc) is 2.40. The highest BCUT2D eigenvalue weighted by molar-refractivity contribution is 6.33. The van der Waals surface area contributed by atoms with E-state index in [4.69, 9.17) is 22.1 Å². The number of benzene rings is 2. The second-order valence-electron chi connectivity index (χ2n) is 4.04. The number of ether oxygens (including phenoxy) is 1. The molecule has 0 aliphatic carbocycles. The zero-order chi connectivity index (χ0) is 14.7. The molecule has 0 amide bonds. The molecule has 0 aliphatic heterocycles. The Labute approximate surface area is 120 Å². The Morgan fingerprint density at radius 2 is 2.05 bits per heavy atom. The Morgan fingerprint density at radius 3 is 2.70 bits per heavy atom. The van der Waals surface area contributed by atoms with Crippen LogP contribution in [0.15, 0.2) is 36.4 Å². The molecule has 2 aromatic carbocycles. The van der Waals surface area contributed by atoms with Crippen LogP contribution in [-0.2, 0) is 0 Å². The van der Waals surface area contributed by atoms with Crippen molar-refractivity contribution < 1.29 is 9.66 Å². The van der Waals surface area contributed by atoms with Gasteiger partial charge in [-0.25, -0.2) is 0 Å². The summed E-state index contributed by atoms with van der Waals surface area (Å²) in [5, 5.41) is 14.3. The summed E-state index contributed by atoms with van der Waals surface area (Å²) in [5.41, 5.74) is 6.90. The quantitative estimate of drug-likeness (QED) is 0.511. The van der Waals surface area contributed by atoms with Crippen LogP contribution in [0.25, 0.3) is 0 Å². The summed E-state index contributed by atoms with van der Waals surface area (Å²) >= 11 is 6.06. The van der Waals surface area contributed by atoms with Crippen LogP contribution < -0.4 is 15.8 Å². The first-order valence-corrected chi connectivity index (χ1v) is 6.03. The molecule has 0 atom stereocenters. The van der Waals surface area contributed by atoms with Gasteiger partial charge >= 0.3 is 0 Å². The fourth-order valence-electron chi connectivity index (χ4n) is 1.69. The molecule has 0 heterocycles. The van der Waals surface area contributed by atoms with E-state index in [1.807, 2.05) is 0 Å². The third-order valence-corrected chi connectivity index (χ3v) is 2.93. The third-order valence-electron chi connectivity index (χ3n) is 2.60. The van der Waals surface area contributed by atoms with Crippen LogP contribution in [0, 0.1) is 10.1 Å². The predicted molar refractivity (Wildman–Crippen MR) is 78.8 cm³/mol. The van der Waals surface area contributed by atoms with E-state index in [0.29, 0.717) is 27.8 Å². The molecule has 104 valence electrons. The minimum Gasteiger partial charge on any atom is -0.497 e. The molecule has 20 heavy (non-hydrogen) atoms. The van der Waals surface area contributed by atoms with Crippen LogP contribution in [0.3, 0.4) is 0 Å². The molecule has 0 radical (unpaired) electrons. The second-order valence-corrected chi connectivity index (χ2v) is 4.45. The Hall–Kier alpha value is -2.47. The highest BCUT2D eigenvalue weighted by atomic mass is 35.5. The number of nitro groups is 1. The molecule has 0 aliphatic rings. The molecule has 2 aromatic rings. The highest BCUT2D eigenvalue weighted by Crippen LogP contribution is 2.31. The van der Waals surface area contributed by atoms with Crippen molar-refractivity contribution in [3.63, 3.8) is 0 Å². The largest absolute Gasteiger partial charge is 0.497 e. The van der Waals surface area contributed by atoms with E-state index in [1.54, 1.807) is 31.4 Å². The van der Waals surface area contributed by atoms with Crippen molar-refractivity contribution in [3.05, 3.63) is 51.5 Å². The zero-order valence-electron chi connectivity index (χ0n) is 10.6. The van der Waals surface area contributed by atoms with Crippen molar-refractivity contribution in [2.75, 3.05) is 18.2 Å². The van der Waals surface area contributed by atoms with Gasteiger partial charge in [-0.3, -0.25) is 10.1 Å². The number of rotatable bonds is 4. The van der Waals surface area contributed by atoms with E-state index >= 15 is 0 Å². The number of nitrogen functional groups attached to an aromatic ring is 1. The number of nitrogens with two attached hydrogens (primary N) is 1. The normalized spacial score (nSPS) is 10.1. The first-order valence-electron chi connectivity index (χ1n) is 5.65. The molecule has 0 saturated heterocycles. The van der Waals surface area contributed by atoms with Crippen molar-refractivity contribution in [2.45, 2.75) is 0 Å². The molecule has 0 fully saturated rings. The van der Waals surface area contributed by atoms with Gasteiger partial charge in [-0.1, -0.05) is 11.6 Å². The van der Waals surface area contributed by atoms with Gasteiger partial charge in [0.1, 0.15) is 5.75 Å². The topological polar surface area (TPSA) is 90.4 Å². The number of methoxy groups -OCH3 is 1. The number of nitro benzene ring substituents is 1. The maximum Gasteiger partial charge on any atom is 0.273 e. The molecule has 0 aromatic heterocycles. The maximum absolute atomic E-state index is 10.8. The van der Waals surface area contributed by atoms with Gasteiger partial charge in [-0.2, -0.15) is 0 Å². The molecule has 6 nitrogen and oxygen atoms in total. The summed E-state index contributed by atoms with van der Waals surface area (Å²) < 4.78 is 5.10. The number of hydrogen-bond acceptors (Lipinski definition) is 5. The van der Waals surface area contributed by atoms with Crippen LogP contribution in [-0.4, -0.2) is 12.0 Å². The molecule has 2 rings (SSSR count). The van der Waals surface area contributed by atoms with Crippen molar-refractivity contribution in [3.8, 4) is 5.75 Å². The molecule has 0 saturated carbocycles. The van der Waals surface area contributed by atoms with E-state index in [0.717, 1.165) is 0 Å². The third kappa shape index (κ3) is 3.10. The summed E-state index contributed by atoms with van der Waals surface area (Å²) in [6.07, 6.45) is 0. The Balaban J connectivity index is 2.36. The van der Waals surface area contributed by atoms with E-state index in [9.17, 15) is 10.1 Å². The number of nitrogens with one attached hydrogen (secondary N) is 1. The predicted octanol–water partition coefficient (Wildman–Crippen LogP) is 3.58. The standard InChI is InChI=1S/C13H12ClN3O3/c1-20-11-2-3-12(14)13(7-11)16-9-4-8(15)5-10(6-9)17(18)19/h2-7,16H,15H2,1H3. The number of non-ortho nitro benzene ring substituents is 1. The fourth-order valence-corrected chi connectivity index (χ4v) is 1.86. The molecule has 3 N–H and O–H groups in total. The van der Waals surface area contributed by atoms with E-state index in [2.05, 4.69) is 5.32 Å². The van der Waals surface area contributed by atoms with Crippen molar-refractivity contribution in [1.82, 2.24) is 0 Å². The first kappa shape index (κ1) is 14.0. The van der Waals surface area contributed by atoms with Gasteiger partial charge in [-0.15, -0.1) is 0 Å². The molecular weight excluding hydrogens is 282 g/mol. The molecular formula is C13H12ClN3O3. The van der Waals surface area contributed by atoms with Crippen molar-refractivity contribution in [1.29, 1.82) is 0 Å². The van der Waals surface area contributed by atoms with Crippen molar-refractivity contribution >= 4 is 34.4 Å². The lowest BCUT2D eigenvalue weighted by Crippen LogP contribution is -1.97. The summed E-state index contributed by atoms with van der Waals surface area (Å²) in [4.78, 5) is 10.3. The van der Waals surface area contributed by atoms with Crippen LogP contribution in [0.2, 0.25) is 5.02 Å². The van der Waals surface area contributed by atoms with Crippen LogP contribution in [0.4, 0.5) is 22.7 Å². The van der Waals surface area contributed by atoms with Crippen LogP contribution in [0.1, 0.15) is 0 Å². The lowest BCUT2D eigenvalue weighted by molar-refractivity contribution is -0.384. The lowest BCUT2D eigenvalue weighted by atomic mass is 10.2. The van der Waals surface area contributed by atoms with E-state index < -0.39 is 4.92 Å². The van der Waals surface area contributed by atoms with Gasteiger partial charge in [0.2, 0.25) is 0 Å². The Kier molecular flexibility index (Phi) is 3.95. The minimum atomic E-state index is -0.505. The van der Waals surface area contributed by atoms with E-state index in [1.165, 1.54) is 12.1 Å². The minimum absolute atomic E-state index is 0.0912. The number of halogens is 1. The fraction of sp³-hybridized carbons (Fsp3) is 0.0769. The van der Waals surface area contributed by atoms with E-state index in [-0.39, 0.29) is 5.69 Å². The monoisotopic (exact) mass is 293 g/mol. The lowest BCUT2D eigenvalue weighted by Gasteiger charge is -2.10. The van der Waals surface area contributed by atoms with Gasteiger partial charge < -0.3 is 15.8 Å². The molecule has 0 bridgehead atoms. The van der Waals surface area contributed by atoms with Gasteiger partial charge in [-0.05, 0) is 18.2 Å². The maximum atomic E-state index is 10.8. The number of nitrogens with zero attached hydrogens (tertiary/aromatic N) is 1. The van der Waals surface area contributed by atoms with Gasteiger partial charge in [0.05, 0.1) is 22.7 Å². The summed E-state index contributed by atoms with van der Waals surface area (Å²) in [5.74, 6) is 0.621. The molecule has 0 spiro atoms. The molecule has 7 heteroatoms. The van der Waals surface area contributed by atoms with Crippen LogP contribution >= 0.6 is 11.6 Å². The van der Waals surface area contributed by atoms with Crippen molar-refractivity contribution in [2.24, 2.45) is 0 Å².